The molecule has 0 aliphatic carbocycles. The molecule has 116 valence electrons. The molecule has 0 saturated carbocycles. The van der Waals surface area contributed by atoms with E-state index in [-0.39, 0.29) is 22.0 Å². The van der Waals surface area contributed by atoms with E-state index in [0.717, 1.165) is 15.9 Å². The first kappa shape index (κ1) is 16.5. The monoisotopic (exact) mass is 338 g/mol. The van der Waals surface area contributed by atoms with Crippen LogP contribution in [0.2, 0.25) is 5.02 Å². The summed E-state index contributed by atoms with van der Waals surface area (Å²) in [7, 11) is -2.51. The molecule has 0 bridgehead atoms. The van der Waals surface area contributed by atoms with Crippen molar-refractivity contribution in [3.8, 4) is 0 Å². The van der Waals surface area contributed by atoms with Crippen LogP contribution in [0.25, 0.3) is 0 Å². The van der Waals surface area contributed by atoms with Gasteiger partial charge in [0.05, 0.1) is 11.0 Å². The molecule has 2 aromatic carbocycles. The minimum Gasteiger partial charge on any atom is -0.545 e. The maximum atomic E-state index is 12.6. The van der Waals surface area contributed by atoms with Crippen LogP contribution in [-0.2, 0) is 16.6 Å². The number of sulfonamides is 1. The Balaban J connectivity index is 2.37. The third kappa shape index (κ3) is 3.47. The van der Waals surface area contributed by atoms with Crippen molar-refractivity contribution in [1.29, 1.82) is 0 Å². The molecule has 0 N–H and O–H groups in total. The number of carbonyl (C=O) groups is 1. The zero-order valence-corrected chi connectivity index (χ0v) is 13.3. The molecule has 7 heteroatoms. The van der Waals surface area contributed by atoms with Gasteiger partial charge in [-0.2, -0.15) is 4.31 Å². The summed E-state index contributed by atoms with van der Waals surface area (Å²) in [6.07, 6.45) is 0. The fourth-order valence-electron chi connectivity index (χ4n) is 1.92. The molecule has 5 nitrogen and oxygen atoms in total. The number of carboxylic acids is 1. The highest BCUT2D eigenvalue weighted by atomic mass is 35.5. The number of benzene rings is 2. The number of hydrogen-bond acceptors (Lipinski definition) is 4. The Bertz CT molecular complexity index is 790. The van der Waals surface area contributed by atoms with E-state index in [2.05, 4.69) is 0 Å². The third-order valence-electron chi connectivity index (χ3n) is 3.10. The Kier molecular flexibility index (Phi) is 4.85. The zero-order valence-electron chi connectivity index (χ0n) is 11.7. The van der Waals surface area contributed by atoms with Crippen LogP contribution in [0.5, 0.6) is 0 Å². The number of carbonyl (C=O) groups excluding carboxylic acids is 1. The van der Waals surface area contributed by atoms with Gasteiger partial charge >= 0.3 is 0 Å². The van der Waals surface area contributed by atoms with Gasteiger partial charge in [-0.25, -0.2) is 8.42 Å². The Morgan fingerprint density at radius 1 is 1.18 bits per heavy atom. The highest BCUT2D eigenvalue weighted by molar-refractivity contribution is 7.89. The van der Waals surface area contributed by atoms with Crippen molar-refractivity contribution in [3.05, 3.63) is 64.7 Å². The lowest BCUT2D eigenvalue weighted by atomic mass is 10.2. The molecule has 0 unspecified atom stereocenters. The highest BCUT2D eigenvalue weighted by Crippen LogP contribution is 2.26. The summed E-state index contributed by atoms with van der Waals surface area (Å²) >= 11 is 5.91. The number of rotatable bonds is 5. The maximum Gasteiger partial charge on any atom is 0.244 e. The van der Waals surface area contributed by atoms with E-state index in [4.69, 9.17) is 11.6 Å². The Morgan fingerprint density at radius 3 is 2.41 bits per heavy atom. The van der Waals surface area contributed by atoms with Crippen LogP contribution >= 0.6 is 11.6 Å². The van der Waals surface area contributed by atoms with Crippen LogP contribution in [0.4, 0.5) is 0 Å². The molecule has 2 aromatic rings. The number of aromatic carboxylic acids is 1. The van der Waals surface area contributed by atoms with Gasteiger partial charge < -0.3 is 9.90 Å². The van der Waals surface area contributed by atoms with Crippen LogP contribution in [-0.4, -0.2) is 25.7 Å². The predicted octanol–water partition coefficient (Wildman–Crippen LogP) is 1.52. The molecule has 0 spiro atoms. The third-order valence-corrected chi connectivity index (χ3v) is 5.39. The minimum absolute atomic E-state index is 0.0371. The quantitative estimate of drug-likeness (QED) is 0.828. The van der Waals surface area contributed by atoms with Crippen molar-refractivity contribution in [2.24, 2.45) is 0 Å². The van der Waals surface area contributed by atoms with Crippen molar-refractivity contribution in [3.63, 3.8) is 0 Å². The summed E-state index contributed by atoms with van der Waals surface area (Å²) in [5, 5.41) is 10.9. The normalized spacial score (nSPS) is 11.6. The fourth-order valence-corrected chi connectivity index (χ4v) is 3.58. The van der Waals surface area contributed by atoms with Crippen LogP contribution in [0.15, 0.2) is 53.4 Å². The molecule has 22 heavy (non-hydrogen) atoms. The smallest absolute Gasteiger partial charge is 0.244 e. The number of hydrogen-bond donors (Lipinski definition) is 0. The summed E-state index contributed by atoms with van der Waals surface area (Å²) in [6, 6.07) is 12.5. The van der Waals surface area contributed by atoms with E-state index in [1.165, 1.54) is 19.2 Å². The van der Waals surface area contributed by atoms with E-state index >= 15 is 0 Å². The SMILES string of the molecule is CN(Cc1ccccc1)S(=O)(=O)c1cc(C(=O)[O-])ccc1Cl. The number of carboxylic acid groups (broad SMARTS) is 1. The topological polar surface area (TPSA) is 77.5 Å². The van der Waals surface area contributed by atoms with Crippen LogP contribution < -0.4 is 5.11 Å². The lowest BCUT2D eigenvalue weighted by Gasteiger charge is -2.19. The van der Waals surface area contributed by atoms with Gasteiger partial charge in [0.15, 0.2) is 0 Å². The van der Waals surface area contributed by atoms with Crippen molar-refractivity contribution >= 4 is 27.6 Å². The summed E-state index contributed by atoms with van der Waals surface area (Å²) in [5.41, 5.74) is 0.567. The van der Waals surface area contributed by atoms with Crippen LogP contribution in [0.1, 0.15) is 15.9 Å². The first-order chi connectivity index (χ1) is 10.3. The lowest BCUT2D eigenvalue weighted by molar-refractivity contribution is -0.255. The second-order valence-corrected chi connectivity index (χ2v) is 7.10. The minimum atomic E-state index is -3.91. The number of nitrogens with zero attached hydrogens (tertiary/aromatic N) is 1. The fraction of sp³-hybridized carbons (Fsp3) is 0.133. The predicted molar refractivity (Wildman–Crippen MR) is 80.9 cm³/mol. The van der Waals surface area contributed by atoms with Crippen LogP contribution in [0.3, 0.4) is 0 Å². The Labute approximate surface area is 133 Å². The maximum absolute atomic E-state index is 12.6. The van der Waals surface area contributed by atoms with Gasteiger partial charge in [-0.3, -0.25) is 0 Å². The molecule has 0 radical (unpaired) electrons. The first-order valence-corrected chi connectivity index (χ1v) is 8.15. The molecule has 2 rings (SSSR count). The van der Waals surface area contributed by atoms with Gasteiger partial charge in [0.1, 0.15) is 4.90 Å². The molecule has 0 heterocycles. The van der Waals surface area contributed by atoms with Crippen molar-refractivity contribution in [1.82, 2.24) is 4.31 Å². The van der Waals surface area contributed by atoms with Gasteiger partial charge in [0.2, 0.25) is 10.0 Å². The van der Waals surface area contributed by atoms with Gasteiger partial charge in [-0.05, 0) is 23.3 Å². The molecule has 0 saturated heterocycles. The van der Waals surface area contributed by atoms with Crippen molar-refractivity contribution in [2.75, 3.05) is 7.05 Å². The van der Waals surface area contributed by atoms with E-state index in [9.17, 15) is 18.3 Å². The average molecular weight is 339 g/mol. The summed E-state index contributed by atoms with van der Waals surface area (Å²) < 4.78 is 26.2. The molecule has 0 aromatic heterocycles. The highest BCUT2D eigenvalue weighted by Gasteiger charge is 2.24. The lowest BCUT2D eigenvalue weighted by Crippen LogP contribution is -2.28. The van der Waals surface area contributed by atoms with E-state index < -0.39 is 16.0 Å². The number of halogens is 1. The average Bonchev–Trinajstić information content (AvgIpc) is 2.48. The Hall–Kier alpha value is -1.89. The zero-order chi connectivity index (χ0) is 16.3. The standard InChI is InChI=1S/C15H14ClNO4S/c1-17(10-11-5-3-2-4-6-11)22(20,21)14-9-12(15(18)19)7-8-13(14)16/h2-9H,10H2,1H3,(H,18,19)/p-1. The molecule has 0 amide bonds. The Morgan fingerprint density at radius 2 is 1.82 bits per heavy atom. The van der Waals surface area contributed by atoms with E-state index in [1.54, 1.807) is 24.3 Å². The van der Waals surface area contributed by atoms with Gasteiger partial charge in [0.25, 0.3) is 0 Å². The summed E-state index contributed by atoms with van der Waals surface area (Å²) in [4.78, 5) is 10.6. The van der Waals surface area contributed by atoms with Crippen molar-refractivity contribution in [2.45, 2.75) is 11.4 Å². The van der Waals surface area contributed by atoms with Crippen LogP contribution in [0, 0.1) is 0 Å². The van der Waals surface area contributed by atoms with E-state index in [0.29, 0.717) is 0 Å². The second kappa shape index (κ2) is 6.48. The molecule has 0 aliphatic rings. The van der Waals surface area contributed by atoms with Crippen molar-refractivity contribution < 1.29 is 18.3 Å². The largest absolute Gasteiger partial charge is 0.545 e. The first-order valence-electron chi connectivity index (χ1n) is 6.33. The van der Waals surface area contributed by atoms with Gasteiger partial charge in [-0.1, -0.05) is 48.0 Å². The van der Waals surface area contributed by atoms with E-state index in [1.807, 2.05) is 6.07 Å². The second-order valence-electron chi connectivity index (χ2n) is 4.68. The summed E-state index contributed by atoms with van der Waals surface area (Å²) in [6.45, 7) is 0.148. The summed E-state index contributed by atoms with van der Waals surface area (Å²) in [5.74, 6) is -1.46. The molecular weight excluding hydrogens is 326 g/mol. The van der Waals surface area contributed by atoms with Gasteiger partial charge in [-0.15, -0.1) is 0 Å². The molecule has 0 fully saturated rings. The molecular formula is C15H13ClNO4S-. The molecule has 0 atom stereocenters. The van der Waals surface area contributed by atoms with Gasteiger partial charge in [0, 0.05) is 13.6 Å². The molecule has 0 aliphatic heterocycles.